The fraction of sp³-hybridized carbons (Fsp3) is 0.406. The van der Waals surface area contributed by atoms with Crippen LogP contribution < -0.4 is 31.3 Å². The molecule has 3 heterocycles. The molecule has 5 N–H and O–H groups in total. The second kappa shape index (κ2) is 16.5. The lowest BCUT2D eigenvalue weighted by atomic mass is 10.0. The fourth-order valence-corrected chi connectivity index (χ4v) is 6.90. The molecule has 0 aliphatic carbocycles. The Kier molecular flexibility index (Phi) is 11.9. The van der Waals surface area contributed by atoms with Gasteiger partial charge in [-0.2, -0.15) is 11.8 Å². The summed E-state index contributed by atoms with van der Waals surface area (Å²) in [6, 6.07) is 14.1. The number of hydrogen-bond acceptors (Lipinski definition) is 9. The first kappa shape index (κ1) is 34.8. The Morgan fingerprint density at radius 3 is 2.56 bits per heavy atom. The van der Waals surface area contributed by atoms with E-state index in [0.717, 1.165) is 25.0 Å². The van der Waals surface area contributed by atoms with Crippen LogP contribution in [0.5, 0.6) is 5.75 Å². The first-order valence-corrected chi connectivity index (χ1v) is 16.5. The summed E-state index contributed by atoms with van der Waals surface area (Å²) < 4.78 is 46.6. The van der Waals surface area contributed by atoms with Gasteiger partial charge < -0.3 is 36.1 Å². The van der Waals surface area contributed by atoms with Crippen LogP contribution in [-0.4, -0.2) is 83.6 Å². The third-order valence-electron chi connectivity index (χ3n) is 7.63. The topological polar surface area (TPSA) is 156 Å². The largest absolute Gasteiger partial charge is 0.573 e. The zero-order valence-corrected chi connectivity index (χ0v) is 26.7. The molecule has 48 heavy (non-hydrogen) atoms. The normalized spacial score (nSPS) is 18.4. The molecular weight excluding hydrogens is 651 g/mol. The van der Waals surface area contributed by atoms with Crippen LogP contribution in [0, 0.1) is 0 Å². The van der Waals surface area contributed by atoms with Gasteiger partial charge in [0.1, 0.15) is 17.9 Å². The highest BCUT2D eigenvalue weighted by atomic mass is 32.2. The van der Waals surface area contributed by atoms with Crippen LogP contribution in [0.15, 0.2) is 60.9 Å². The van der Waals surface area contributed by atoms with Crippen molar-refractivity contribution in [3.63, 3.8) is 0 Å². The lowest BCUT2D eigenvalue weighted by Crippen LogP contribution is -2.36. The summed E-state index contributed by atoms with van der Waals surface area (Å²) in [5.41, 5.74) is 2.12. The van der Waals surface area contributed by atoms with E-state index in [2.05, 4.69) is 41.3 Å². The van der Waals surface area contributed by atoms with Gasteiger partial charge in [0.15, 0.2) is 0 Å². The molecule has 0 saturated carbocycles. The maximum absolute atomic E-state index is 12.7. The van der Waals surface area contributed by atoms with Gasteiger partial charge in [-0.05, 0) is 49.2 Å². The number of nitrogens with one attached hydrogen (secondary N) is 5. The van der Waals surface area contributed by atoms with Crippen LogP contribution >= 0.6 is 11.8 Å². The number of fused-ring (bicyclic) bond motifs is 1. The summed E-state index contributed by atoms with van der Waals surface area (Å²) in [6.07, 6.45) is -0.319. The molecule has 3 unspecified atom stereocenters. The minimum absolute atomic E-state index is 0.0280. The Balaban J connectivity index is 0.959. The Hall–Kier alpha value is -4.57. The number of thioether (sulfide) groups is 1. The molecule has 0 spiro atoms. The van der Waals surface area contributed by atoms with Gasteiger partial charge in [0.2, 0.25) is 5.91 Å². The first-order valence-electron chi connectivity index (χ1n) is 15.5. The van der Waals surface area contributed by atoms with E-state index in [9.17, 15) is 27.6 Å². The third kappa shape index (κ3) is 10.5. The van der Waals surface area contributed by atoms with E-state index in [4.69, 9.17) is 4.74 Å². The number of anilines is 2. The van der Waals surface area contributed by atoms with E-state index in [1.807, 2.05) is 11.8 Å². The number of ether oxygens (including phenoxy) is 2. The highest BCUT2D eigenvalue weighted by Gasteiger charge is 2.42. The van der Waals surface area contributed by atoms with Crippen molar-refractivity contribution in [2.24, 2.45) is 0 Å². The number of carbonyl (C=O) groups excluding carboxylic acids is 3. The Morgan fingerprint density at radius 2 is 1.77 bits per heavy atom. The Bertz CT molecular complexity index is 1560. The number of alkyl halides is 3. The van der Waals surface area contributed by atoms with Crippen molar-refractivity contribution in [1.29, 1.82) is 0 Å². The van der Waals surface area contributed by atoms with Crippen LogP contribution in [-0.2, 0) is 9.53 Å². The number of amides is 4. The SMILES string of the molecule is O=C(CCCCC1SCC2NC(=O)NC21)NCCOCCNC(=O)c1cccc(-c2cc(Nc3ccc(OC(F)(F)F)cc3)ncn2)c1. The van der Waals surface area contributed by atoms with E-state index in [1.165, 1.54) is 30.6 Å². The van der Waals surface area contributed by atoms with Gasteiger partial charge in [-0.3, -0.25) is 9.59 Å². The quantitative estimate of drug-likeness (QED) is 0.109. The highest BCUT2D eigenvalue weighted by Crippen LogP contribution is 2.33. The van der Waals surface area contributed by atoms with E-state index >= 15 is 0 Å². The molecular formula is C32H36F3N7O5S. The predicted molar refractivity (Wildman–Crippen MR) is 174 cm³/mol. The molecule has 3 atom stereocenters. The van der Waals surface area contributed by atoms with Crippen molar-refractivity contribution in [2.45, 2.75) is 49.4 Å². The molecule has 0 bridgehead atoms. The smallest absolute Gasteiger partial charge is 0.406 e. The molecule has 2 saturated heterocycles. The number of carbonyl (C=O) groups is 3. The predicted octanol–water partition coefficient (Wildman–Crippen LogP) is 4.37. The minimum atomic E-state index is -4.77. The summed E-state index contributed by atoms with van der Waals surface area (Å²) in [4.78, 5) is 44.8. The Labute approximate surface area is 279 Å². The van der Waals surface area contributed by atoms with Gasteiger partial charge in [0.05, 0.1) is 31.0 Å². The maximum atomic E-state index is 12.7. The first-order chi connectivity index (χ1) is 23.1. The van der Waals surface area contributed by atoms with E-state index in [0.29, 0.717) is 53.1 Å². The third-order valence-corrected chi connectivity index (χ3v) is 9.14. The number of aromatic nitrogens is 2. The van der Waals surface area contributed by atoms with Crippen molar-refractivity contribution < 1.29 is 37.0 Å². The second-order valence-corrected chi connectivity index (χ2v) is 12.4. The Morgan fingerprint density at radius 1 is 0.979 bits per heavy atom. The maximum Gasteiger partial charge on any atom is 0.573 e. The molecule has 0 radical (unpaired) electrons. The molecule has 1 aromatic heterocycles. The molecule has 2 aliphatic heterocycles. The average molecular weight is 688 g/mol. The summed E-state index contributed by atoms with van der Waals surface area (Å²) in [5.74, 6) is 0.676. The molecule has 5 rings (SSSR count). The van der Waals surface area contributed by atoms with Crippen molar-refractivity contribution in [2.75, 3.05) is 37.4 Å². The summed E-state index contributed by atoms with van der Waals surface area (Å²) in [7, 11) is 0. The minimum Gasteiger partial charge on any atom is -0.406 e. The number of nitrogens with zero attached hydrogens (tertiary/aromatic N) is 2. The van der Waals surface area contributed by atoms with Crippen LogP contribution in [0.3, 0.4) is 0 Å². The zero-order chi connectivity index (χ0) is 33.9. The van der Waals surface area contributed by atoms with E-state index in [-0.39, 0.29) is 48.8 Å². The van der Waals surface area contributed by atoms with Gasteiger partial charge in [-0.15, -0.1) is 13.2 Å². The number of unbranched alkanes of at least 4 members (excludes halogenated alkanes) is 1. The molecule has 3 aromatic rings. The van der Waals surface area contributed by atoms with Gasteiger partial charge in [0.25, 0.3) is 5.91 Å². The fourth-order valence-electron chi connectivity index (χ4n) is 5.36. The lowest BCUT2D eigenvalue weighted by Gasteiger charge is -2.16. The van der Waals surface area contributed by atoms with Gasteiger partial charge >= 0.3 is 12.4 Å². The molecule has 2 aromatic carbocycles. The van der Waals surface area contributed by atoms with Gasteiger partial charge in [-0.25, -0.2) is 14.8 Å². The molecule has 2 aliphatic rings. The number of rotatable bonds is 16. The van der Waals surface area contributed by atoms with Crippen molar-refractivity contribution in [1.82, 2.24) is 31.2 Å². The van der Waals surface area contributed by atoms with Crippen LogP contribution in [0.25, 0.3) is 11.3 Å². The summed E-state index contributed by atoms with van der Waals surface area (Å²) in [5, 5.41) is 15.0. The number of urea groups is 1. The van der Waals surface area contributed by atoms with Crippen molar-refractivity contribution in [3.8, 4) is 17.0 Å². The number of hydrogen-bond donors (Lipinski definition) is 5. The molecule has 2 fully saturated rings. The molecule has 256 valence electrons. The monoisotopic (exact) mass is 687 g/mol. The summed E-state index contributed by atoms with van der Waals surface area (Å²) >= 11 is 1.87. The second-order valence-electron chi connectivity index (χ2n) is 11.2. The lowest BCUT2D eigenvalue weighted by molar-refractivity contribution is -0.274. The van der Waals surface area contributed by atoms with Crippen LogP contribution in [0.4, 0.5) is 29.5 Å². The van der Waals surface area contributed by atoms with Gasteiger partial charge in [-0.1, -0.05) is 18.6 Å². The van der Waals surface area contributed by atoms with E-state index < -0.39 is 6.36 Å². The van der Waals surface area contributed by atoms with E-state index in [1.54, 1.807) is 30.3 Å². The standard InChI is InChI=1S/C32H36F3N7O5S/c33-32(34,35)47-23-10-8-22(9-11-23)40-27-17-24(38-19-39-27)20-4-3-5-21(16-20)30(44)37-13-15-46-14-12-36-28(43)7-2-1-6-26-29-25(18-48-26)41-31(45)42-29/h3-5,8-11,16-17,19,25-26,29H,1-2,6-7,12-15,18H2,(H,36,43)(H,37,44)(H,38,39,40)(H2,41,42,45). The van der Waals surface area contributed by atoms with Crippen LogP contribution in [0.2, 0.25) is 0 Å². The van der Waals surface area contributed by atoms with Gasteiger partial charge in [0, 0.05) is 53.4 Å². The number of benzene rings is 2. The zero-order valence-electron chi connectivity index (χ0n) is 25.8. The molecule has 16 heteroatoms. The van der Waals surface area contributed by atoms with Crippen molar-refractivity contribution >= 4 is 41.1 Å². The molecule has 4 amide bonds. The molecule has 12 nitrogen and oxygen atoms in total. The van der Waals surface area contributed by atoms with Crippen LogP contribution in [0.1, 0.15) is 36.0 Å². The summed E-state index contributed by atoms with van der Waals surface area (Å²) in [6.45, 7) is 1.25. The average Bonchev–Trinajstić information content (AvgIpc) is 3.62. The number of halogens is 3. The highest BCUT2D eigenvalue weighted by molar-refractivity contribution is 8.00. The van der Waals surface area contributed by atoms with Crippen molar-refractivity contribution in [3.05, 3.63) is 66.5 Å².